The largest absolute Gasteiger partial charge is 0.374 e. The number of amides is 1. The molecule has 0 radical (unpaired) electrons. The minimum atomic E-state index is -0.476. The first-order valence-electron chi connectivity index (χ1n) is 4.77. The van der Waals surface area contributed by atoms with E-state index in [0.29, 0.717) is 5.69 Å². The number of nitro benzene ring substituents is 1. The molecule has 1 aromatic rings. The Kier molecular flexibility index (Phi) is 3.82. The number of hydrogen-bond donors (Lipinski definition) is 2. The monoisotopic (exact) mass is 223 g/mol. The number of rotatable bonds is 4. The van der Waals surface area contributed by atoms with Crippen LogP contribution in [0.25, 0.3) is 0 Å². The molecule has 2 N–H and O–H groups in total. The van der Waals surface area contributed by atoms with Gasteiger partial charge in [-0.3, -0.25) is 14.9 Å². The fourth-order valence-corrected chi connectivity index (χ4v) is 1.24. The average Bonchev–Trinajstić information content (AvgIpc) is 2.28. The number of anilines is 1. The van der Waals surface area contributed by atoms with Gasteiger partial charge in [-0.05, 0) is 13.0 Å². The van der Waals surface area contributed by atoms with Crippen LogP contribution in [0.3, 0.4) is 0 Å². The number of nitro groups is 1. The summed E-state index contributed by atoms with van der Waals surface area (Å²) in [4.78, 5) is 21.3. The van der Waals surface area contributed by atoms with E-state index >= 15 is 0 Å². The van der Waals surface area contributed by atoms with Crippen molar-refractivity contribution < 1.29 is 9.72 Å². The summed E-state index contributed by atoms with van der Waals surface area (Å²) in [5, 5.41) is 15.9. The van der Waals surface area contributed by atoms with Gasteiger partial charge in [-0.1, -0.05) is 6.07 Å². The molecule has 0 saturated heterocycles. The van der Waals surface area contributed by atoms with E-state index in [1.807, 2.05) is 0 Å². The van der Waals surface area contributed by atoms with Crippen molar-refractivity contribution in [2.24, 2.45) is 0 Å². The highest BCUT2D eigenvalue weighted by Crippen LogP contribution is 2.17. The molecule has 0 aromatic heterocycles. The van der Waals surface area contributed by atoms with Crippen LogP contribution in [0.2, 0.25) is 0 Å². The number of benzene rings is 1. The van der Waals surface area contributed by atoms with Crippen molar-refractivity contribution in [1.82, 2.24) is 5.32 Å². The van der Waals surface area contributed by atoms with Gasteiger partial charge < -0.3 is 10.6 Å². The second kappa shape index (κ2) is 5.11. The molecule has 6 nitrogen and oxygen atoms in total. The van der Waals surface area contributed by atoms with Gasteiger partial charge in [-0.2, -0.15) is 0 Å². The molecule has 0 heterocycles. The van der Waals surface area contributed by atoms with Gasteiger partial charge in [-0.25, -0.2) is 0 Å². The maximum absolute atomic E-state index is 11.2. The zero-order chi connectivity index (χ0) is 12.1. The molecular formula is C10H13N3O3. The third-order valence-electron chi connectivity index (χ3n) is 2.08. The molecule has 0 saturated carbocycles. The molecule has 1 rings (SSSR count). The first-order chi connectivity index (χ1) is 7.54. The van der Waals surface area contributed by atoms with Crippen molar-refractivity contribution >= 4 is 17.3 Å². The van der Waals surface area contributed by atoms with Crippen molar-refractivity contribution in [2.75, 3.05) is 12.4 Å². The van der Waals surface area contributed by atoms with Crippen LogP contribution in [0, 0.1) is 10.1 Å². The van der Waals surface area contributed by atoms with Gasteiger partial charge in [0.05, 0.1) is 4.92 Å². The fourth-order valence-electron chi connectivity index (χ4n) is 1.24. The lowest BCUT2D eigenvalue weighted by molar-refractivity contribution is -0.384. The highest BCUT2D eigenvalue weighted by Gasteiger charge is 2.12. The normalized spacial score (nSPS) is 11.6. The Morgan fingerprint density at radius 2 is 2.19 bits per heavy atom. The zero-order valence-corrected chi connectivity index (χ0v) is 9.06. The van der Waals surface area contributed by atoms with E-state index in [4.69, 9.17) is 0 Å². The van der Waals surface area contributed by atoms with Crippen LogP contribution in [0.15, 0.2) is 24.3 Å². The predicted molar refractivity (Wildman–Crippen MR) is 60.2 cm³/mol. The number of carbonyl (C=O) groups excluding carboxylic acids is 1. The van der Waals surface area contributed by atoms with Gasteiger partial charge in [0.1, 0.15) is 6.04 Å². The van der Waals surface area contributed by atoms with Gasteiger partial charge in [0.15, 0.2) is 0 Å². The summed E-state index contributed by atoms with van der Waals surface area (Å²) in [7, 11) is 1.54. The first kappa shape index (κ1) is 12.0. The second-order valence-corrected chi connectivity index (χ2v) is 3.29. The van der Waals surface area contributed by atoms with E-state index in [1.165, 1.54) is 19.2 Å². The topological polar surface area (TPSA) is 84.3 Å². The molecule has 1 atom stereocenters. The summed E-state index contributed by atoms with van der Waals surface area (Å²) < 4.78 is 0. The van der Waals surface area contributed by atoms with Crippen LogP contribution in [-0.2, 0) is 4.79 Å². The third kappa shape index (κ3) is 2.94. The van der Waals surface area contributed by atoms with E-state index in [0.717, 1.165) is 0 Å². The van der Waals surface area contributed by atoms with Gasteiger partial charge in [0, 0.05) is 24.9 Å². The molecule has 0 aliphatic heterocycles. The molecule has 1 amide bonds. The molecule has 0 unspecified atom stereocenters. The smallest absolute Gasteiger partial charge is 0.271 e. The molecule has 16 heavy (non-hydrogen) atoms. The van der Waals surface area contributed by atoms with Crippen molar-refractivity contribution in [2.45, 2.75) is 13.0 Å². The lowest BCUT2D eigenvalue weighted by atomic mass is 10.2. The van der Waals surface area contributed by atoms with Gasteiger partial charge in [0.25, 0.3) is 5.69 Å². The standard InChI is InChI=1S/C10H13N3O3/c1-7(10(14)11-2)12-8-4-3-5-9(6-8)13(15)16/h3-7,12H,1-2H3,(H,11,14)/t7-/m1/s1. The van der Waals surface area contributed by atoms with Crippen molar-refractivity contribution in [3.63, 3.8) is 0 Å². The molecule has 0 aliphatic carbocycles. The van der Waals surface area contributed by atoms with E-state index in [9.17, 15) is 14.9 Å². The quantitative estimate of drug-likeness (QED) is 0.592. The minimum absolute atomic E-state index is 0.00546. The van der Waals surface area contributed by atoms with Crippen molar-refractivity contribution in [3.05, 3.63) is 34.4 Å². The molecule has 0 bridgehead atoms. The second-order valence-electron chi connectivity index (χ2n) is 3.29. The summed E-state index contributed by atoms with van der Waals surface area (Å²) in [5.41, 5.74) is 0.541. The maximum atomic E-state index is 11.2. The van der Waals surface area contributed by atoms with Crippen molar-refractivity contribution in [1.29, 1.82) is 0 Å². The van der Waals surface area contributed by atoms with Gasteiger partial charge in [0.2, 0.25) is 5.91 Å². The van der Waals surface area contributed by atoms with Gasteiger partial charge >= 0.3 is 0 Å². The number of carbonyl (C=O) groups is 1. The summed E-state index contributed by atoms with van der Waals surface area (Å²) in [6.45, 7) is 1.68. The predicted octanol–water partition coefficient (Wildman–Crippen LogP) is 1.14. The molecule has 86 valence electrons. The fraction of sp³-hybridized carbons (Fsp3) is 0.300. The zero-order valence-electron chi connectivity index (χ0n) is 9.06. The van der Waals surface area contributed by atoms with Crippen LogP contribution < -0.4 is 10.6 Å². The van der Waals surface area contributed by atoms with E-state index in [-0.39, 0.29) is 11.6 Å². The number of hydrogen-bond acceptors (Lipinski definition) is 4. The number of likely N-dealkylation sites (N-methyl/N-ethyl adjacent to an activating group) is 1. The Morgan fingerprint density at radius 1 is 1.50 bits per heavy atom. The molecule has 0 fully saturated rings. The van der Waals surface area contributed by atoms with E-state index < -0.39 is 11.0 Å². The van der Waals surface area contributed by atoms with Crippen LogP contribution in [-0.4, -0.2) is 23.9 Å². The highest BCUT2D eigenvalue weighted by molar-refractivity contribution is 5.83. The Bertz CT molecular complexity index is 406. The SMILES string of the molecule is CNC(=O)[C@@H](C)Nc1cccc([N+](=O)[O-])c1. The molecule has 1 aromatic carbocycles. The lowest BCUT2D eigenvalue weighted by Gasteiger charge is -2.13. The number of nitrogens with one attached hydrogen (secondary N) is 2. The summed E-state index contributed by atoms with van der Waals surface area (Å²) >= 11 is 0. The van der Waals surface area contributed by atoms with E-state index in [1.54, 1.807) is 19.1 Å². The van der Waals surface area contributed by atoms with Crippen LogP contribution in [0.5, 0.6) is 0 Å². The highest BCUT2D eigenvalue weighted by atomic mass is 16.6. The Balaban J connectivity index is 2.78. The molecule has 6 heteroatoms. The van der Waals surface area contributed by atoms with Crippen LogP contribution >= 0.6 is 0 Å². The lowest BCUT2D eigenvalue weighted by Crippen LogP contribution is -2.35. The van der Waals surface area contributed by atoms with E-state index in [2.05, 4.69) is 10.6 Å². The maximum Gasteiger partial charge on any atom is 0.271 e. The van der Waals surface area contributed by atoms with Crippen molar-refractivity contribution in [3.8, 4) is 0 Å². The Labute approximate surface area is 92.8 Å². The summed E-state index contributed by atoms with van der Waals surface area (Å²) in [6.07, 6.45) is 0. The minimum Gasteiger partial charge on any atom is -0.374 e. The number of non-ortho nitro benzene ring substituents is 1. The molecule has 0 aliphatic rings. The van der Waals surface area contributed by atoms with Gasteiger partial charge in [-0.15, -0.1) is 0 Å². The third-order valence-corrected chi connectivity index (χ3v) is 2.08. The number of nitrogens with zero attached hydrogens (tertiary/aromatic N) is 1. The summed E-state index contributed by atoms with van der Waals surface area (Å²) in [5.74, 6) is -0.175. The molecule has 0 spiro atoms. The summed E-state index contributed by atoms with van der Waals surface area (Å²) in [6, 6.07) is 5.59. The Morgan fingerprint density at radius 3 is 2.75 bits per heavy atom. The molecular weight excluding hydrogens is 210 g/mol. The Hall–Kier alpha value is -2.11. The average molecular weight is 223 g/mol. The van der Waals surface area contributed by atoms with Crippen LogP contribution in [0.4, 0.5) is 11.4 Å². The van der Waals surface area contributed by atoms with Crippen LogP contribution in [0.1, 0.15) is 6.92 Å². The first-order valence-corrected chi connectivity index (χ1v) is 4.77.